The van der Waals surface area contributed by atoms with Gasteiger partial charge in [-0.2, -0.15) is 0 Å². The first-order valence-electron chi connectivity index (χ1n) is 8.71. The zero-order valence-electron chi connectivity index (χ0n) is 13.2. The van der Waals surface area contributed by atoms with Gasteiger partial charge in [-0.05, 0) is 42.7 Å². The Kier molecular flexibility index (Phi) is 3.87. The number of aromatic nitrogens is 1. The lowest BCUT2D eigenvalue weighted by Gasteiger charge is -2.23. The van der Waals surface area contributed by atoms with Crippen molar-refractivity contribution in [3.8, 4) is 0 Å². The van der Waals surface area contributed by atoms with E-state index in [-0.39, 0.29) is 5.91 Å². The monoisotopic (exact) mass is 299 g/mol. The SMILES string of the molecule is O=C(c1cccnc1)N1C[C@H]2CN(CC3CCCC3)C[C@H]2C1. The van der Waals surface area contributed by atoms with Crippen LogP contribution in [0.2, 0.25) is 0 Å². The normalized spacial score (nSPS) is 29.2. The minimum absolute atomic E-state index is 0.157. The van der Waals surface area contributed by atoms with Crippen molar-refractivity contribution in [1.29, 1.82) is 0 Å². The van der Waals surface area contributed by atoms with Gasteiger partial charge < -0.3 is 9.80 Å². The summed E-state index contributed by atoms with van der Waals surface area (Å²) in [5.74, 6) is 2.46. The van der Waals surface area contributed by atoms with Crippen LogP contribution < -0.4 is 0 Å². The lowest BCUT2D eigenvalue weighted by atomic mass is 10.0. The molecular formula is C18H25N3O. The topological polar surface area (TPSA) is 36.4 Å². The molecule has 1 aliphatic carbocycles. The molecule has 118 valence electrons. The highest BCUT2D eigenvalue weighted by Crippen LogP contribution is 2.34. The fourth-order valence-electron chi connectivity index (χ4n) is 4.64. The molecule has 3 heterocycles. The van der Waals surface area contributed by atoms with Crippen molar-refractivity contribution in [2.24, 2.45) is 17.8 Å². The second-order valence-electron chi connectivity index (χ2n) is 7.34. The van der Waals surface area contributed by atoms with Crippen LogP contribution in [0.5, 0.6) is 0 Å². The maximum absolute atomic E-state index is 12.5. The van der Waals surface area contributed by atoms with Crippen molar-refractivity contribution in [2.45, 2.75) is 25.7 Å². The molecule has 0 unspecified atom stereocenters. The van der Waals surface area contributed by atoms with Crippen molar-refractivity contribution < 1.29 is 4.79 Å². The van der Waals surface area contributed by atoms with Crippen molar-refractivity contribution >= 4 is 5.91 Å². The molecule has 4 nitrogen and oxygen atoms in total. The number of carbonyl (C=O) groups excluding carboxylic acids is 1. The summed E-state index contributed by atoms with van der Waals surface area (Å²) in [6.07, 6.45) is 9.12. The second kappa shape index (κ2) is 5.99. The minimum atomic E-state index is 0.157. The molecule has 1 saturated carbocycles. The Balaban J connectivity index is 1.32. The molecule has 0 bridgehead atoms. The van der Waals surface area contributed by atoms with Crippen LogP contribution in [0.4, 0.5) is 0 Å². The summed E-state index contributed by atoms with van der Waals surface area (Å²) in [6.45, 7) is 5.54. The number of carbonyl (C=O) groups is 1. The Labute approximate surface area is 132 Å². The van der Waals surface area contributed by atoms with E-state index >= 15 is 0 Å². The maximum atomic E-state index is 12.5. The van der Waals surface area contributed by atoms with E-state index in [2.05, 4.69) is 9.88 Å². The average Bonchev–Trinajstić information content (AvgIpc) is 3.24. The van der Waals surface area contributed by atoms with Crippen LogP contribution in [0.1, 0.15) is 36.0 Å². The molecule has 4 heteroatoms. The summed E-state index contributed by atoms with van der Waals surface area (Å²) in [7, 11) is 0. The number of pyridine rings is 1. The first-order chi connectivity index (χ1) is 10.8. The summed E-state index contributed by atoms with van der Waals surface area (Å²) in [5, 5.41) is 0. The standard InChI is InChI=1S/C18H25N3O/c22-18(15-6-3-7-19-8-15)21-12-16-10-20(11-17(16)13-21)9-14-4-1-2-5-14/h3,6-8,14,16-17H,1-2,4-5,9-13H2/t16-,17+. The van der Waals surface area contributed by atoms with Gasteiger partial charge in [0.1, 0.15) is 0 Å². The zero-order valence-corrected chi connectivity index (χ0v) is 13.2. The molecular weight excluding hydrogens is 274 g/mol. The maximum Gasteiger partial charge on any atom is 0.255 e. The molecule has 0 N–H and O–H groups in total. The van der Waals surface area contributed by atoms with Gasteiger partial charge in [-0.15, -0.1) is 0 Å². The zero-order chi connectivity index (χ0) is 14.9. The minimum Gasteiger partial charge on any atom is -0.338 e. The fourth-order valence-corrected chi connectivity index (χ4v) is 4.64. The van der Waals surface area contributed by atoms with Crippen LogP contribution in [-0.2, 0) is 0 Å². The van der Waals surface area contributed by atoms with Crippen molar-refractivity contribution in [2.75, 3.05) is 32.7 Å². The molecule has 3 fully saturated rings. The highest BCUT2D eigenvalue weighted by Gasteiger charge is 2.42. The van der Waals surface area contributed by atoms with Gasteiger partial charge in [0.25, 0.3) is 5.91 Å². The van der Waals surface area contributed by atoms with Crippen LogP contribution >= 0.6 is 0 Å². The Morgan fingerprint density at radius 2 is 1.86 bits per heavy atom. The van der Waals surface area contributed by atoms with Gasteiger partial charge in [0, 0.05) is 45.1 Å². The lowest BCUT2D eigenvalue weighted by molar-refractivity contribution is 0.0772. The summed E-state index contributed by atoms with van der Waals surface area (Å²) in [5.41, 5.74) is 0.727. The van der Waals surface area contributed by atoms with Crippen molar-refractivity contribution in [3.63, 3.8) is 0 Å². The smallest absolute Gasteiger partial charge is 0.255 e. The molecule has 0 aromatic carbocycles. The Morgan fingerprint density at radius 3 is 2.50 bits per heavy atom. The van der Waals surface area contributed by atoms with Crippen LogP contribution in [-0.4, -0.2) is 53.4 Å². The van der Waals surface area contributed by atoms with Crippen LogP contribution in [0, 0.1) is 17.8 Å². The third kappa shape index (κ3) is 2.76. The third-order valence-electron chi connectivity index (χ3n) is 5.75. The molecule has 2 aliphatic heterocycles. The number of hydrogen-bond donors (Lipinski definition) is 0. The number of nitrogens with zero attached hydrogens (tertiary/aromatic N) is 3. The summed E-state index contributed by atoms with van der Waals surface area (Å²) in [4.78, 5) is 21.3. The molecule has 1 aromatic heterocycles. The van der Waals surface area contributed by atoms with Gasteiger partial charge in [0.15, 0.2) is 0 Å². The van der Waals surface area contributed by atoms with E-state index in [0.717, 1.165) is 24.6 Å². The Hall–Kier alpha value is -1.42. The molecule has 3 aliphatic rings. The lowest BCUT2D eigenvalue weighted by Crippen LogP contribution is -2.34. The summed E-state index contributed by atoms with van der Waals surface area (Å²) >= 11 is 0. The first-order valence-corrected chi connectivity index (χ1v) is 8.71. The van der Waals surface area contributed by atoms with E-state index < -0.39 is 0 Å². The number of fused-ring (bicyclic) bond motifs is 1. The van der Waals surface area contributed by atoms with Gasteiger partial charge in [0.2, 0.25) is 0 Å². The van der Waals surface area contributed by atoms with Gasteiger partial charge in [-0.3, -0.25) is 9.78 Å². The second-order valence-corrected chi connectivity index (χ2v) is 7.34. The number of hydrogen-bond acceptors (Lipinski definition) is 3. The van der Waals surface area contributed by atoms with E-state index in [1.165, 1.54) is 45.3 Å². The van der Waals surface area contributed by atoms with Crippen LogP contribution in [0.15, 0.2) is 24.5 Å². The average molecular weight is 299 g/mol. The number of likely N-dealkylation sites (tertiary alicyclic amines) is 2. The van der Waals surface area contributed by atoms with Gasteiger partial charge in [-0.1, -0.05) is 12.8 Å². The Morgan fingerprint density at radius 1 is 1.14 bits per heavy atom. The number of rotatable bonds is 3. The molecule has 2 atom stereocenters. The van der Waals surface area contributed by atoms with Gasteiger partial charge >= 0.3 is 0 Å². The van der Waals surface area contributed by atoms with Crippen LogP contribution in [0.25, 0.3) is 0 Å². The van der Waals surface area contributed by atoms with Gasteiger partial charge in [-0.25, -0.2) is 0 Å². The summed E-state index contributed by atoms with van der Waals surface area (Å²) < 4.78 is 0. The molecule has 22 heavy (non-hydrogen) atoms. The van der Waals surface area contributed by atoms with E-state index in [1.54, 1.807) is 12.4 Å². The Bertz CT molecular complexity index is 512. The number of amides is 1. The largest absolute Gasteiger partial charge is 0.338 e. The third-order valence-corrected chi connectivity index (χ3v) is 5.75. The van der Waals surface area contributed by atoms with E-state index in [1.807, 2.05) is 17.0 Å². The predicted molar refractivity (Wildman–Crippen MR) is 85.5 cm³/mol. The fraction of sp³-hybridized carbons (Fsp3) is 0.667. The van der Waals surface area contributed by atoms with Crippen LogP contribution in [0.3, 0.4) is 0 Å². The predicted octanol–water partition coefficient (Wildman–Crippen LogP) is 2.28. The van der Waals surface area contributed by atoms with Crippen molar-refractivity contribution in [3.05, 3.63) is 30.1 Å². The molecule has 1 aromatic rings. The van der Waals surface area contributed by atoms with E-state index in [9.17, 15) is 4.79 Å². The first kappa shape index (κ1) is 14.2. The molecule has 1 amide bonds. The highest BCUT2D eigenvalue weighted by molar-refractivity contribution is 5.94. The molecule has 0 radical (unpaired) electrons. The quantitative estimate of drug-likeness (QED) is 0.859. The molecule has 2 saturated heterocycles. The molecule has 4 rings (SSSR count). The van der Waals surface area contributed by atoms with E-state index in [0.29, 0.717) is 11.8 Å². The summed E-state index contributed by atoms with van der Waals surface area (Å²) in [6, 6.07) is 3.71. The highest BCUT2D eigenvalue weighted by atomic mass is 16.2. The van der Waals surface area contributed by atoms with E-state index in [4.69, 9.17) is 0 Å². The molecule has 0 spiro atoms. The van der Waals surface area contributed by atoms with Gasteiger partial charge in [0.05, 0.1) is 5.56 Å². The van der Waals surface area contributed by atoms with Crippen molar-refractivity contribution in [1.82, 2.24) is 14.8 Å².